The second-order valence-corrected chi connectivity index (χ2v) is 7.07. The zero-order valence-corrected chi connectivity index (χ0v) is 18.2. The third kappa shape index (κ3) is 10.3. The van der Waals surface area contributed by atoms with Crippen molar-refractivity contribution in [2.24, 2.45) is 5.73 Å². The first-order valence-electron chi connectivity index (χ1n) is 9.03. The van der Waals surface area contributed by atoms with Crippen molar-refractivity contribution < 1.29 is 37.8 Å². The van der Waals surface area contributed by atoms with Gasteiger partial charge in [0, 0.05) is 31.7 Å². The molecule has 0 aliphatic heterocycles. The third-order valence-corrected chi connectivity index (χ3v) is 4.96. The molecule has 9 nitrogen and oxygen atoms in total. The van der Waals surface area contributed by atoms with Crippen molar-refractivity contribution in [3.8, 4) is 10.6 Å². The first-order valence-corrected chi connectivity index (χ1v) is 9.84. The summed E-state index contributed by atoms with van der Waals surface area (Å²) in [6.45, 7) is 3.65. The molecule has 13 heteroatoms. The predicted molar refractivity (Wildman–Crippen MR) is 114 cm³/mol. The second kappa shape index (κ2) is 14.9. The lowest BCUT2D eigenvalue weighted by Gasteiger charge is -2.15. The van der Waals surface area contributed by atoms with Crippen LogP contribution in [0.15, 0.2) is 24.3 Å². The van der Waals surface area contributed by atoms with Crippen LogP contribution in [0.25, 0.3) is 10.6 Å². The molecule has 32 heavy (non-hydrogen) atoms. The number of amides is 1. The average molecular weight is 478 g/mol. The molecule has 1 aromatic carbocycles. The molecular weight excluding hydrogens is 453 g/mol. The highest BCUT2D eigenvalue weighted by molar-refractivity contribution is 7.17. The molecule has 0 saturated heterocycles. The maximum Gasteiger partial charge on any atom is 0.416 e. The monoisotopic (exact) mass is 478 g/mol. The highest BCUT2D eigenvalue weighted by atomic mass is 32.1. The van der Waals surface area contributed by atoms with E-state index in [4.69, 9.17) is 25.5 Å². The Kier molecular flexibility index (Phi) is 13.5. The Morgan fingerprint density at radius 2 is 1.72 bits per heavy atom. The van der Waals surface area contributed by atoms with Gasteiger partial charge in [-0.3, -0.25) is 14.4 Å². The Morgan fingerprint density at radius 1 is 1.19 bits per heavy atom. The molecular formula is C19H25F3N4O5S. The summed E-state index contributed by atoms with van der Waals surface area (Å²) in [5.41, 5.74) is 5.85. The van der Waals surface area contributed by atoms with Crippen LogP contribution < -0.4 is 11.1 Å². The van der Waals surface area contributed by atoms with Gasteiger partial charge in [-0.25, -0.2) is 4.98 Å². The Balaban J connectivity index is 0.00000144. The third-order valence-electron chi connectivity index (χ3n) is 3.75. The van der Waals surface area contributed by atoms with E-state index in [1.54, 1.807) is 6.92 Å². The van der Waals surface area contributed by atoms with E-state index < -0.39 is 11.7 Å². The van der Waals surface area contributed by atoms with E-state index in [9.17, 15) is 18.0 Å². The zero-order valence-electron chi connectivity index (χ0n) is 17.4. The summed E-state index contributed by atoms with van der Waals surface area (Å²) in [5, 5.41) is 17.1. The number of thiazole rings is 1. The van der Waals surface area contributed by atoms with Gasteiger partial charge in [0.05, 0.1) is 11.3 Å². The number of likely N-dealkylation sites (N-methyl/N-ethyl adjacent to an activating group) is 1. The minimum absolute atomic E-state index is 0.237. The number of hydrogen-bond donors (Lipinski definition) is 4. The summed E-state index contributed by atoms with van der Waals surface area (Å²) in [7, 11) is 1.92. The van der Waals surface area contributed by atoms with Gasteiger partial charge >= 0.3 is 6.18 Å². The number of hydrogen-bond acceptors (Lipinski definition) is 7. The number of nitrogens with one attached hydrogen (secondary N) is 1. The molecule has 0 aliphatic carbocycles. The van der Waals surface area contributed by atoms with Crippen LogP contribution in [0.1, 0.15) is 20.9 Å². The number of rotatable bonds is 7. The van der Waals surface area contributed by atoms with Crippen molar-refractivity contribution in [2.45, 2.75) is 13.1 Å². The molecule has 178 valence electrons. The smallest absolute Gasteiger partial charge is 0.416 e. The van der Waals surface area contributed by atoms with E-state index in [-0.39, 0.29) is 18.9 Å². The van der Waals surface area contributed by atoms with Crippen molar-refractivity contribution >= 4 is 30.2 Å². The Bertz CT molecular complexity index is 838. The number of aryl methyl sites for hydroxylation is 1. The molecule has 0 aliphatic rings. The maximum absolute atomic E-state index is 12.6. The molecule has 1 aromatic heterocycles. The quantitative estimate of drug-likeness (QED) is 0.443. The predicted octanol–water partition coefficient (Wildman–Crippen LogP) is 2.16. The number of carbonyl (C=O) groups excluding carboxylic acids is 1. The largest absolute Gasteiger partial charge is 0.483 e. The van der Waals surface area contributed by atoms with Crippen molar-refractivity contribution in [3.05, 3.63) is 40.4 Å². The van der Waals surface area contributed by atoms with Crippen molar-refractivity contribution in [1.29, 1.82) is 0 Å². The number of nitrogens with zero attached hydrogens (tertiary/aromatic N) is 2. The van der Waals surface area contributed by atoms with E-state index in [1.165, 1.54) is 23.5 Å². The summed E-state index contributed by atoms with van der Waals surface area (Å²) in [6, 6.07) is 4.76. The summed E-state index contributed by atoms with van der Waals surface area (Å²) in [4.78, 5) is 35.8. The van der Waals surface area contributed by atoms with Crippen LogP contribution in [0.3, 0.4) is 0 Å². The van der Waals surface area contributed by atoms with Crippen molar-refractivity contribution in [2.75, 3.05) is 33.2 Å². The van der Waals surface area contributed by atoms with Crippen LogP contribution in [-0.2, 0) is 15.8 Å². The number of benzene rings is 1. The van der Waals surface area contributed by atoms with Crippen molar-refractivity contribution in [3.63, 3.8) is 0 Å². The topological polar surface area (TPSA) is 146 Å². The van der Waals surface area contributed by atoms with Crippen molar-refractivity contribution in [1.82, 2.24) is 15.2 Å². The minimum Gasteiger partial charge on any atom is -0.483 e. The summed E-state index contributed by atoms with van der Waals surface area (Å²) in [6.07, 6.45) is -4.38. The number of carbonyl (C=O) groups is 3. The molecule has 0 saturated carbocycles. The van der Waals surface area contributed by atoms with E-state index in [0.29, 0.717) is 40.8 Å². The van der Waals surface area contributed by atoms with Gasteiger partial charge < -0.3 is 26.2 Å². The van der Waals surface area contributed by atoms with Gasteiger partial charge in [-0.05, 0) is 26.1 Å². The number of halogens is 3. The lowest BCUT2D eigenvalue weighted by Crippen LogP contribution is -2.35. The Hall–Kier alpha value is -3.03. The van der Waals surface area contributed by atoms with Gasteiger partial charge in [0.15, 0.2) is 0 Å². The van der Waals surface area contributed by atoms with E-state index >= 15 is 0 Å². The number of carboxylic acid groups (broad SMARTS) is 2. The normalized spacial score (nSPS) is 10.3. The molecule has 0 atom stereocenters. The molecule has 1 amide bonds. The number of aromatic nitrogens is 1. The molecule has 2 rings (SSSR count). The standard InChI is InChI=1S/C17H21F3N4OS.2CH2O2/c1-11-14(15(25)22-8-10-24(2)9-7-21)26-16(23-11)12-3-5-13(6-4-12)17(18,19)20;2*2-1-3/h3-6H,7-10,21H2,1-2H3,(H,22,25);2*1H,(H,2,3). The second-order valence-electron chi connectivity index (χ2n) is 6.07. The van der Waals surface area contributed by atoms with E-state index in [1.807, 2.05) is 11.9 Å². The molecule has 0 unspecified atom stereocenters. The van der Waals surface area contributed by atoms with Gasteiger partial charge in [-0.15, -0.1) is 11.3 Å². The van der Waals surface area contributed by atoms with Gasteiger partial charge in [0.1, 0.15) is 9.88 Å². The molecule has 0 fully saturated rings. The molecule has 0 radical (unpaired) electrons. The van der Waals surface area contributed by atoms with Crippen LogP contribution in [0, 0.1) is 6.92 Å². The fraction of sp³-hybridized carbons (Fsp3) is 0.368. The van der Waals surface area contributed by atoms with Crippen LogP contribution in [0.5, 0.6) is 0 Å². The average Bonchev–Trinajstić information content (AvgIpc) is 3.10. The fourth-order valence-electron chi connectivity index (χ4n) is 2.31. The minimum atomic E-state index is -4.38. The summed E-state index contributed by atoms with van der Waals surface area (Å²) < 4.78 is 37.9. The first-order chi connectivity index (χ1) is 15.0. The molecule has 1 heterocycles. The fourth-order valence-corrected chi connectivity index (χ4v) is 3.29. The van der Waals surface area contributed by atoms with Gasteiger partial charge in [-0.1, -0.05) is 12.1 Å². The SMILES string of the molecule is Cc1nc(-c2ccc(C(F)(F)F)cc2)sc1C(=O)NCCN(C)CCN.O=CO.O=CO. The summed E-state index contributed by atoms with van der Waals surface area (Å²) in [5.74, 6) is -0.237. The zero-order chi connectivity index (χ0) is 24.7. The molecule has 0 spiro atoms. The maximum atomic E-state index is 12.6. The Morgan fingerprint density at radius 3 is 2.19 bits per heavy atom. The highest BCUT2D eigenvalue weighted by Crippen LogP contribution is 2.32. The van der Waals surface area contributed by atoms with E-state index in [0.717, 1.165) is 18.7 Å². The van der Waals surface area contributed by atoms with Gasteiger partial charge in [0.2, 0.25) is 0 Å². The van der Waals surface area contributed by atoms with Crippen LogP contribution in [0.2, 0.25) is 0 Å². The van der Waals surface area contributed by atoms with Gasteiger partial charge in [0.25, 0.3) is 18.9 Å². The molecule has 2 aromatic rings. The van der Waals surface area contributed by atoms with Gasteiger partial charge in [-0.2, -0.15) is 13.2 Å². The summed E-state index contributed by atoms with van der Waals surface area (Å²) >= 11 is 1.17. The first kappa shape index (κ1) is 29.0. The van der Waals surface area contributed by atoms with Crippen LogP contribution in [-0.4, -0.2) is 72.2 Å². The van der Waals surface area contributed by atoms with Crippen LogP contribution in [0.4, 0.5) is 13.2 Å². The lowest BCUT2D eigenvalue weighted by molar-refractivity contribution is -0.137. The number of nitrogens with two attached hydrogens (primary N) is 1. The number of alkyl halides is 3. The molecule has 5 N–H and O–H groups in total. The highest BCUT2D eigenvalue weighted by Gasteiger charge is 2.30. The molecule has 0 bridgehead atoms. The van der Waals surface area contributed by atoms with Crippen LogP contribution >= 0.6 is 11.3 Å². The lowest BCUT2D eigenvalue weighted by atomic mass is 10.1. The van der Waals surface area contributed by atoms with E-state index in [2.05, 4.69) is 10.3 Å². The Labute approximate surface area is 186 Å².